The molecule has 0 aliphatic carbocycles. The number of likely N-dealkylation sites (tertiary alicyclic amines) is 1. The van der Waals surface area contributed by atoms with Crippen molar-refractivity contribution >= 4 is 29.3 Å². The van der Waals surface area contributed by atoms with Crippen LogP contribution in [0, 0.1) is 0 Å². The molecule has 0 radical (unpaired) electrons. The number of imide groups is 1. The molecule has 1 heterocycles. The largest absolute Gasteiger partial charge is 0.493 e. The van der Waals surface area contributed by atoms with Gasteiger partial charge in [-0.1, -0.05) is 29.8 Å². The molecule has 0 unspecified atom stereocenters. The van der Waals surface area contributed by atoms with Gasteiger partial charge in [0, 0.05) is 17.1 Å². The Morgan fingerprint density at radius 1 is 0.947 bits per heavy atom. The number of amides is 3. The number of ether oxygens (including phenoxy) is 3. The quantitative estimate of drug-likeness (QED) is 0.285. The van der Waals surface area contributed by atoms with E-state index in [9.17, 15) is 14.4 Å². The second-order valence-corrected chi connectivity index (χ2v) is 9.05. The maximum atomic E-state index is 12.8. The van der Waals surface area contributed by atoms with Crippen LogP contribution >= 0.6 is 11.6 Å². The number of hydrogen-bond acceptors (Lipinski definition) is 7. The summed E-state index contributed by atoms with van der Waals surface area (Å²) in [5, 5.41) is 0.632. The molecular weight excluding hydrogens is 510 g/mol. The number of rotatable bonds is 11. The third kappa shape index (κ3) is 6.62. The fourth-order valence-electron chi connectivity index (χ4n) is 3.98. The SMILES string of the molecule is COc1ccc(CCN2C(=O)C[C@H](NNC(=O)c3ccc(COc4ccc(Cl)cc4)cc3)C2=O)cc1OC. The molecule has 0 aromatic heterocycles. The Morgan fingerprint density at radius 3 is 2.32 bits per heavy atom. The second-order valence-electron chi connectivity index (χ2n) is 8.62. The van der Waals surface area contributed by atoms with Crippen molar-refractivity contribution in [1.82, 2.24) is 15.8 Å². The van der Waals surface area contributed by atoms with E-state index in [1.165, 1.54) is 4.90 Å². The second kappa shape index (κ2) is 12.4. The van der Waals surface area contributed by atoms with Gasteiger partial charge in [0.05, 0.1) is 20.6 Å². The van der Waals surface area contributed by atoms with Crippen molar-refractivity contribution in [2.24, 2.45) is 0 Å². The topological polar surface area (TPSA) is 106 Å². The van der Waals surface area contributed by atoms with E-state index in [2.05, 4.69) is 10.9 Å². The summed E-state index contributed by atoms with van der Waals surface area (Å²) in [5.41, 5.74) is 7.41. The average molecular weight is 538 g/mol. The van der Waals surface area contributed by atoms with Crippen LogP contribution in [-0.4, -0.2) is 49.4 Å². The van der Waals surface area contributed by atoms with Gasteiger partial charge in [0.25, 0.3) is 5.91 Å². The Kier molecular flexibility index (Phi) is 8.83. The van der Waals surface area contributed by atoms with E-state index in [1.54, 1.807) is 68.8 Å². The highest BCUT2D eigenvalue weighted by molar-refractivity contribution is 6.30. The summed E-state index contributed by atoms with van der Waals surface area (Å²) < 4.78 is 16.2. The van der Waals surface area contributed by atoms with Crippen molar-refractivity contribution in [3.8, 4) is 17.2 Å². The zero-order chi connectivity index (χ0) is 27.1. The number of carbonyl (C=O) groups is 3. The van der Waals surface area contributed by atoms with Crippen molar-refractivity contribution in [2.75, 3.05) is 20.8 Å². The molecule has 1 saturated heterocycles. The summed E-state index contributed by atoms with van der Waals surface area (Å²) in [6.45, 7) is 0.554. The van der Waals surface area contributed by atoms with Gasteiger partial charge >= 0.3 is 0 Å². The maximum Gasteiger partial charge on any atom is 0.265 e. The van der Waals surface area contributed by atoms with Crippen LogP contribution in [0.2, 0.25) is 5.02 Å². The van der Waals surface area contributed by atoms with Gasteiger partial charge in [0.15, 0.2) is 11.5 Å². The normalized spacial score (nSPS) is 14.9. The molecule has 2 N–H and O–H groups in total. The minimum Gasteiger partial charge on any atom is -0.493 e. The summed E-state index contributed by atoms with van der Waals surface area (Å²) in [6, 6.07) is 18.6. The van der Waals surface area contributed by atoms with Crippen LogP contribution in [0.5, 0.6) is 17.2 Å². The number of nitrogens with one attached hydrogen (secondary N) is 2. The van der Waals surface area contributed by atoms with Crippen molar-refractivity contribution < 1.29 is 28.6 Å². The lowest BCUT2D eigenvalue weighted by Crippen LogP contribution is -2.48. The predicted molar refractivity (Wildman–Crippen MR) is 141 cm³/mol. The van der Waals surface area contributed by atoms with E-state index < -0.39 is 11.9 Å². The summed E-state index contributed by atoms with van der Waals surface area (Å²) in [5.74, 6) is 0.768. The minimum absolute atomic E-state index is 0.0357. The maximum absolute atomic E-state index is 12.8. The number of nitrogens with zero attached hydrogens (tertiary/aromatic N) is 1. The van der Waals surface area contributed by atoms with Gasteiger partial charge in [-0.2, -0.15) is 0 Å². The first-order chi connectivity index (χ1) is 18.4. The Labute approximate surface area is 225 Å². The molecule has 1 atom stereocenters. The standard InChI is InChI=1S/C28H28ClN3O6/c1-36-24-12-5-18(15-25(24)37-2)13-14-32-26(33)16-23(28(32)35)30-31-27(34)20-6-3-19(4-7-20)17-38-22-10-8-21(29)9-11-22/h3-12,15,23,30H,13-14,16-17H2,1-2H3,(H,31,34)/t23-/m0/s1. The number of methoxy groups -OCH3 is 2. The van der Waals surface area contributed by atoms with Gasteiger partial charge in [-0.05, 0) is 66.1 Å². The zero-order valence-electron chi connectivity index (χ0n) is 21.0. The third-order valence-corrected chi connectivity index (χ3v) is 6.36. The van der Waals surface area contributed by atoms with Gasteiger partial charge in [-0.15, -0.1) is 0 Å². The van der Waals surface area contributed by atoms with Crippen molar-refractivity contribution in [2.45, 2.75) is 25.5 Å². The van der Waals surface area contributed by atoms with Crippen LogP contribution in [0.15, 0.2) is 66.7 Å². The zero-order valence-corrected chi connectivity index (χ0v) is 21.8. The lowest BCUT2D eigenvalue weighted by atomic mass is 10.1. The lowest BCUT2D eigenvalue weighted by molar-refractivity contribution is -0.138. The molecule has 1 aliphatic rings. The smallest absolute Gasteiger partial charge is 0.265 e. The van der Waals surface area contributed by atoms with Crippen LogP contribution in [0.25, 0.3) is 0 Å². The number of hydrogen-bond donors (Lipinski definition) is 2. The lowest BCUT2D eigenvalue weighted by Gasteiger charge is -2.16. The number of carbonyl (C=O) groups excluding carboxylic acids is 3. The molecule has 9 nitrogen and oxygen atoms in total. The van der Waals surface area contributed by atoms with Gasteiger partial charge < -0.3 is 14.2 Å². The van der Waals surface area contributed by atoms with Crippen LogP contribution in [0.1, 0.15) is 27.9 Å². The van der Waals surface area contributed by atoms with E-state index in [-0.39, 0.29) is 24.8 Å². The monoisotopic (exact) mass is 537 g/mol. The van der Waals surface area contributed by atoms with E-state index in [4.69, 9.17) is 25.8 Å². The van der Waals surface area contributed by atoms with Crippen LogP contribution in [0.3, 0.4) is 0 Å². The summed E-state index contributed by atoms with van der Waals surface area (Å²) in [6.07, 6.45) is 0.428. The predicted octanol–water partition coefficient (Wildman–Crippen LogP) is 3.54. The van der Waals surface area contributed by atoms with Gasteiger partial charge in [-0.3, -0.25) is 24.7 Å². The number of halogens is 1. The molecule has 0 saturated carbocycles. The summed E-state index contributed by atoms with van der Waals surface area (Å²) in [7, 11) is 3.10. The van der Waals surface area contributed by atoms with Crippen molar-refractivity contribution in [3.63, 3.8) is 0 Å². The van der Waals surface area contributed by atoms with Crippen molar-refractivity contribution in [1.29, 1.82) is 0 Å². The van der Waals surface area contributed by atoms with E-state index in [0.29, 0.717) is 40.9 Å². The Bertz CT molecular complexity index is 1300. The fraction of sp³-hybridized carbons (Fsp3) is 0.250. The first-order valence-corrected chi connectivity index (χ1v) is 12.3. The molecule has 0 spiro atoms. The van der Waals surface area contributed by atoms with Crippen LogP contribution in [-0.2, 0) is 22.6 Å². The van der Waals surface area contributed by atoms with Crippen LogP contribution < -0.4 is 25.1 Å². The van der Waals surface area contributed by atoms with Crippen molar-refractivity contribution in [3.05, 3.63) is 88.4 Å². The molecule has 38 heavy (non-hydrogen) atoms. The van der Waals surface area contributed by atoms with E-state index in [1.807, 2.05) is 12.1 Å². The van der Waals surface area contributed by atoms with Gasteiger partial charge in [0.2, 0.25) is 11.8 Å². The molecule has 3 amide bonds. The number of hydrazine groups is 1. The molecule has 0 bridgehead atoms. The molecule has 4 rings (SSSR count). The van der Waals surface area contributed by atoms with E-state index in [0.717, 1.165) is 11.1 Å². The molecule has 3 aromatic rings. The number of benzene rings is 3. The fourth-order valence-corrected chi connectivity index (χ4v) is 4.11. The minimum atomic E-state index is -0.830. The summed E-state index contributed by atoms with van der Waals surface area (Å²) >= 11 is 5.88. The molecule has 3 aromatic carbocycles. The van der Waals surface area contributed by atoms with Crippen LogP contribution in [0.4, 0.5) is 0 Å². The molecule has 1 aliphatic heterocycles. The first kappa shape index (κ1) is 27.0. The third-order valence-electron chi connectivity index (χ3n) is 6.11. The molecule has 1 fully saturated rings. The highest BCUT2D eigenvalue weighted by Gasteiger charge is 2.38. The van der Waals surface area contributed by atoms with Gasteiger partial charge in [0.1, 0.15) is 18.4 Å². The Balaban J connectivity index is 1.25. The van der Waals surface area contributed by atoms with Gasteiger partial charge in [-0.25, -0.2) is 5.43 Å². The molecular formula is C28H28ClN3O6. The molecule has 198 valence electrons. The average Bonchev–Trinajstić information content (AvgIpc) is 3.21. The highest BCUT2D eigenvalue weighted by atomic mass is 35.5. The Morgan fingerprint density at radius 2 is 1.63 bits per heavy atom. The highest BCUT2D eigenvalue weighted by Crippen LogP contribution is 2.28. The van der Waals surface area contributed by atoms with E-state index >= 15 is 0 Å². The molecule has 10 heteroatoms. The summed E-state index contributed by atoms with van der Waals surface area (Å²) in [4.78, 5) is 39.0. The Hall–Kier alpha value is -4.08. The first-order valence-electron chi connectivity index (χ1n) is 12.0.